The predicted octanol–water partition coefficient (Wildman–Crippen LogP) is 14.2. The van der Waals surface area contributed by atoms with Gasteiger partial charge < -0.3 is 28.8 Å². The Kier molecular flexibility index (Phi) is 42.6. The van der Waals surface area contributed by atoms with Crippen LogP contribution < -0.4 is 10.2 Å². The van der Waals surface area contributed by atoms with E-state index in [1.807, 2.05) is 27.2 Å². The summed E-state index contributed by atoms with van der Waals surface area (Å²) in [6.07, 6.45) is 56.0. The fourth-order valence-electron chi connectivity index (χ4n) is 7.20. The third-order valence-electron chi connectivity index (χ3n) is 11.3. The number of aliphatic hydroxyl groups excluding tert-OH is 1. The quantitative estimate of drug-likeness (QED) is 0.0273. The van der Waals surface area contributed by atoms with Crippen molar-refractivity contribution in [2.24, 2.45) is 0 Å². The number of quaternary nitrogens is 1. The van der Waals surface area contributed by atoms with Gasteiger partial charge in [-0.25, -0.2) is 0 Å². The zero-order chi connectivity index (χ0) is 45.0. The molecule has 3 unspecified atom stereocenters. The molecule has 0 fully saturated rings. The van der Waals surface area contributed by atoms with E-state index in [4.69, 9.17) is 9.05 Å². The Labute approximate surface area is 378 Å². The molecule has 0 aromatic heterocycles. The van der Waals surface area contributed by atoms with Crippen molar-refractivity contribution in [3.63, 3.8) is 0 Å². The second kappa shape index (κ2) is 43.7. The summed E-state index contributed by atoms with van der Waals surface area (Å²) in [5.74, 6) is -0.209. The fourth-order valence-corrected chi connectivity index (χ4v) is 7.92. The van der Waals surface area contributed by atoms with Gasteiger partial charge in [-0.1, -0.05) is 204 Å². The highest BCUT2D eigenvalue weighted by atomic mass is 31.2. The number of likely N-dealkylation sites (N-methyl/N-ethyl adjacent to an activating group) is 1. The lowest BCUT2D eigenvalue weighted by molar-refractivity contribution is -0.870. The van der Waals surface area contributed by atoms with Crippen molar-refractivity contribution in [3.05, 3.63) is 48.6 Å². The van der Waals surface area contributed by atoms with Gasteiger partial charge in [-0.3, -0.25) is 9.36 Å². The first kappa shape index (κ1) is 59.5. The molecule has 0 bridgehead atoms. The maximum atomic E-state index is 12.9. The summed E-state index contributed by atoms with van der Waals surface area (Å²) >= 11 is 0. The van der Waals surface area contributed by atoms with Gasteiger partial charge in [-0.15, -0.1) is 0 Å². The van der Waals surface area contributed by atoms with Gasteiger partial charge in [0, 0.05) is 6.42 Å². The van der Waals surface area contributed by atoms with Crippen LogP contribution in [-0.4, -0.2) is 68.5 Å². The minimum atomic E-state index is -4.60. The van der Waals surface area contributed by atoms with Gasteiger partial charge in [0.05, 0.1) is 39.9 Å². The van der Waals surface area contributed by atoms with Crippen LogP contribution in [0.5, 0.6) is 0 Å². The zero-order valence-corrected chi connectivity index (χ0v) is 41.5. The number of phosphoric ester groups is 1. The lowest BCUT2D eigenvalue weighted by Crippen LogP contribution is -2.45. The number of nitrogens with zero attached hydrogens (tertiary/aromatic N) is 1. The molecule has 61 heavy (non-hydrogen) atoms. The Bertz CT molecular complexity index is 1130. The van der Waals surface area contributed by atoms with E-state index in [0.717, 1.165) is 44.9 Å². The van der Waals surface area contributed by atoms with Crippen LogP contribution in [0.4, 0.5) is 0 Å². The molecular weight excluding hydrogens is 780 g/mol. The fraction of sp³-hybridized carbons (Fsp3) is 0.827. The van der Waals surface area contributed by atoms with Crippen molar-refractivity contribution in [2.45, 2.75) is 238 Å². The summed E-state index contributed by atoms with van der Waals surface area (Å²) < 4.78 is 23.2. The smallest absolute Gasteiger partial charge is 0.268 e. The molecule has 358 valence electrons. The first-order valence-corrected chi connectivity index (χ1v) is 27.0. The number of nitrogens with one attached hydrogen (secondary N) is 1. The molecule has 1 amide bonds. The molecule has 0 saturated carbocycles. The maximum Gasteiger partial charge on any atom is 0.268 e. The highest BCUT2D eigenvalue weighted by Crippen LogP contribution is 2.38. The number of phosphoric acid groups is 1. The van der Waals surface area contributed by atoms with E-state index in [-0.39, 0.29) is 12.5 Å². The molecule has 0 aliphatic carbocycles. The summed E-state index contributed by atoms with van der Waals surface area (Å²) in [4.78, 5) is 25.4. The number of carbonyl (C=O) groups is 1. The molecule has 0 rings (SSSR count). The molecule has 8 nitrogen and oxygen atoms in total. The van der Waals surface area contributed by atoms with Crippen LogP contribution in [0.15, 0.2) is 48.6 Å². The lowest BCUT2D eigenvalue weighted by atomic mass is 10.0. The van der Waals surface area contributed by atoms with Crippen LogP contribution >= 0.6 is 7.82 Å². The molecule has 0 heterocycles. The summed E-state index contributed by atoms with van der Waals surface area (Å²) in [5, 5.41) is 13.8. The molecule has 3 atom stereocenters. The molecule has 2 N–H and O–H groups in total. The first-order chi connectivity index (χ1) is 29.5. The van der Waals surface area contributed by atoms with Crippen molar-refractivity contribution < 1.29 is 32.9 Å². The molecule has 0 aliphatic heterocycles. The third-order valence-corrected chi connectivity index (χ3v) is 12.2. The zero-order valence-electron chi connectivity index (χ0n) is 40.6. The highest BCUT2D eigenvalue weighted by molar-refractivity contribution is 7.45. The summed E-state index contributed by atoms with van der Waals surface area (Å²) in [6.45, 7) is 4.61. The Morgan fingerprint density at radius 1 is 0.574 bits per heavy atom. The average Bonchev–Trinajstić information content (AvgIpc) is 3.21. The number of hydrogen-bond donors (Lipinski definition) is 2. The van der Waals surface area contributed by atoms with Crippen LogP contribution in [0, 0.1) is 0 Å². The SMILES string of the molecule is CCCCCCC/C=C\C/C=C\CCCCCCCCCCCCCCCC(=O)NC(COP(=O)([O-])OCC[N+](C)(C)C)C(O)/C=C/CC/C=C/CCCCCCCCCC. The number of rotatable bonds is 46. The monoisotopic (exact) mass is 879 g/mol. The maximum absolute atomic E-state index is 12.9. The van der Waals surface area contributed by atoms with E-state index in [2.05, 4.69) is 55.6 Å². The van der Waals surface area contributed by atoms with E-state index in [1.54, 1.807) is 6.08 Å². The first-order valence-electron chi connectivity index (χ1n) is 25.5. The van der Waals surface area contributed by atoms with Crippen molar-refractivity contribution >= 4 is 13.7 Å². The Hall–Kier alpha value is -1.54. The molecule has 0 radical (unpaired) electrons. The standard InChI is InChI=1S/C52H99N2O6P/c1-6-8-10-12-14-16-18-20-22-23-24-25-26-27-28-29-30-31-32-34-36-38-40-42-44-46-52(56)53-50(49-60-61(57,58)59-48-47-54(3,4)5)51(55)45-43-41-39-37-35-33-21-19-17-15-13-11-9-7-2/h18,20,23-24,35,37,43,45,50-51,55H,6-17,19,21-22,25-34,36,38-42,44,46-49H2,1-5H3,(H-,53,56,57,58)/b20-18-,24-23-,37-35+,45-43+. The molecule has 0 spiro atoms. The molecule has 0 aliphatic rings. The topological polar surface area (TPSA) is 108 Å². The van der Waals surface area contributed by atoms with E-state index in [1.165, 1.54) is 161 Å². The van der Waals surface area contributed by atoms with Gasteiger partial charge >= 0.3 is 0 Å². The predicted molar refractivity (Wildman–Crippen MR) is 261 cm³/mol. The van der Waals surface area contributed by atoms with Gasteiger partial charge in [0.15, 0.2) is 0 Å². The summed E-state index contributed by atoms with van der Waals surface area (Å²) in [5.41, 5.74) is 0. The van der Waals surface area contributed by atoms with Gasteiger partial charge in [0.1, 0.15) is 13.2 Å². The van der Waals surface area contributed by atoms with Crippen molar-refractivity contribution in [2.75, 3.05) is 40.9 Å². The normalized spacial score (nSPS) is 14.5. The molecule has 9 heteroatoms. The van der Waals surface area contributed by atoms with Crippen LogP contribution in [0.3, 0.4) is 0 Å². The van der Waals surface area contributed by atoms with E-state index >= 15 is 0 Å². The number of hydrogen-bond acceptors (Lipinski definition) is 6. The number of allylic oxidation sites excluding steroid dienone is 7. The van der Waals surface area contributed by atoms with Gasteiger partial charge in [0.25, 0.3) is 7.82 Å². The Balaban J connectivity index is 4.25. The van der Waals surface area contributed by atoms with Crippen molar-refractivity contribution in [1.82, 2.24) is 5.32 Å². The van der Waals surface area contributed by atoms with E-state index < -0.39 is 26.6 Å². The van der Waals surface area contributed by atoms with Gasteiger partial charge in [0.2, 0.25) is 5.91 Å². The lowest BCUT2D eigenvalue weighted by Gasteiger charge is -2.29. The molecule has 0 saturated heterocycles. The number of aliphatic hydroxyl groups is 1. The average molecular weight is 879 g/mol. The second-order valence-corrected chi connectivity index (χ2v) is 19.9. The number of amides is 1. The Morgan fingerprint density at radius 2 is 0.967 bits per heavy atom. The minimum absolute atomic E-state index is 0.00705. The van der Waals surface area contributed by atoms with Gasteiger partial charge in [-0.05, 0) is 64.2 Å². The number of carbonyl (C=O) groups excluding carboxylic acids is 1. The van der Waals surface area contributed by atoms with Crippen LogP contribution in [0.1, 0.15) is 226 Å². The largest absolute Gasteiger partial charge is 0.756 e. The summed E-state index contributed by atoms with van der Waals surface area (Å²) in [6, 6.07) is -0.903. The van der Waals surface area contributed by atoms with Crippen molar-refractivity contribution in [3.8, 4) is 0 Å². The number of unbranched alkanes of at least 4 members (excludes halogenated alkanes) is 27. The van der Waals surface area contributed by atoms with E-state index in [0.29, 0.717) is 17.4 Å². The van der Waals surface area contributed by atoms with E-state index in [9.17, 15) is 19.4 Å². The highest BCUT2D eigenvalue weighted by Gasteiger charge is 2.23. The molecule has 0 aromatic carbocycles. The second-order valence-electron chi connectivity index (χ2n) is 18.5. The van der Waals surface area contributed by atoms with Gasteiger partial charge in [-0.2, -0.15) is 0 Å². The molecule has 0 aromatic rings. The minimum Gasteiger partial charge on any atom is -0.756 e. The van der Waals surface area contributed by atoms with Crippen LogP contribution in [-0.2, 0) is 18.4 Å². The van der Waals surface area contributed by atoms with Crippen LogP contribution in [0.2, 0.25) is 0 Å². The molecular formula is C52H99N2O6P. The van der Waals surface area contributed by atoms with Crippen LogP contribution in [0.25, 0.3) is 0 Å². The Morgan fingerprint density at radius 3 is 1.43 bits per heavy atom. The summed E-state index contributed by atoms with van der Waals surface area (Å²) in [7, 11) is 1.24. The van der Waals surface area contributed by atoms with Crippen molar-refractivity contribution in [1.29, 1.82) is 0 Å². The third kappa shape index (κ3) is 46.3.